The van der Waals surface area contributed by atoms with Crippen molar-refractivity contribution in [2.45, 2.75) is 19.6 Å². The van der Waals surface area contributed by atoms with Gasteiger partial charge in [-0.2, -0.15) is 0 Å². The Morgan fingerprint density at radius 1 is 1.40 bits per heavy atom. The molecule has 2 aromatic rings. The lowest BCUT2D eigenvalue weighted by Crippen LogP contribution is -2.31. The van der Waals surface area contributed by atoms with E-state index in [1.807, 2.05) is 6.92 Å². The number of aryl methyl sites for hydroxylation is 1. The van der Waals surface area contributed by atoms with Gasteiger partial charge in [-0.3, -0.25) is 0 Å². The first-order valence-electron chi connectivity index (χ1n) is 6.31. The third-order valence-electron chi connectivity index (χ3n) is 2.77. The van der Waals surface area contributed by atoms with Crippen LogP contribution < -0.4 is 10.1 Å². The monoisotopic (exact) mass is 296 g/mol. The summed E-state index contributed by atoms with van der Waals surface area (Å²) in [5.74, 6) is 0.239. The molecule has 0 spiro atoms. The van der Waals surface area contributed by atoms with Crippen LogP contribution in [0.5, 0.6) is 5.75 Å². The van der Waals surface area contributed by atoms with E-state index in [1.54, 1.807) is 16.8 Å². The molecule has 2 N–H and O–H groups in total. The number of hydrogen-bond acceptors (Lipinski definition) is 5. The molecule has 2 rings (SSSR count). The van der Waals surface area contributed by atoms with E-state index < -0.39 is 6.10 Å². The minimum absolute atomic E-state index is 0.167. The maximum atomic E-state index is 12.7. The van der Waals surface area contributed by atoms with Gasteiger partial charge in [0.1, 0.15) is 24.3 Å². The van der Waals surface area contributed by atoms with Crippen LogP contribution in [0.1, 0.15) is 10.6 Å². The Labute approximate surface area is 121 Å². The molecule has 108 valence electrons. The predicted octanol–water partition coefficient (Wildman–Crippen LogP) is 2.12. The molecule has 1 aromatic carbocycles. The summed E-state index contributed by atoms with van der Waals surface area (Å²) in [5, 5.41) is 12.9. The summed E-state index contributed by atoms with van der Waals surface area (Å²) < 4.78 is 18.1. The maximum Gasteiger partial charge on any atom is 0.123 e. The van der Waals surface area contributed by atoms with Gasteiger partial charge in [-0.25, -0.2) is 9.37 Å². The highest BCUT2D eigenvalue weighted by Crippen LogP contribution is 2.12. The number of hydrogen-bond donors (Lipinski definition) is 2. The number of nitrogens with zero attached hydrogens (tertiary/aromatic N) is 1. The van der Waals surface area contributed by atoms with E-state index in [0.717, 1.165) is 10.6 Å². The first kappa shape index (κ1) is 14.9. The molecule has 4 nitrogen and oxygen atoms in total. The van der Waals surface area contributed by atoms with Crippen molar-refractivity contribution in [1.29, 1.82) is 0 Å². The molecule has 1 atom stereocenters. The van der Waals surface area contributed by atoms with Gasteiger partial charge in [0.2, 0.25) is 0 Å². The standard InChI is InChI=1S/C14H17FN2O2S/c1-10-14(20-9-17-10)7-16-6-12(18)8-19-13-4-2-11(15)3-5-13/h2-5,9,12,16,18H,6-8H2,1H3. The van der Waals surface area contributed by atoms with Crippen LogP contribution in [0.3, 0.4) is 0 Å². The summed E-state index contributed by atoms with van der Waals surface area (Å²) in [6.45, 7) is 3.24. The zero-order chi connectivity index (χ0) is 14.4. The fourth-order valence-electron chi connectivity index (χ4n) is 1.63. The van der Waals surface area contributed by atoms with Gasteiger partial charge >= 0.3 is 0 Å². The number of aromatic nitrogens is 1. The van der Waals surface area contributed by atoms with Crippen LogP contribution in [0.2, 0.25) is 0 Å². The molecule has 0 saturated heterocycles. The number of ether oxygens (including phenoxy) is 1. The molecule has 1 aromatic heterocycles. The van der Waals surface area contributed by atoms with Crippen molar-refractivity contribution >= 4 is 11.3 Å². The lowest BCUT2D eigenvalue weighted by Gasteiger charge is -2.13. The van der Waals surface area contributed by atoms with Crippen molar-refractivity contribution in [3.8, 4) is 5.75 Å². The van der Waals surface area contributed by atoms with E-state index in [2.05, 4.69) is 10.3 Å². The second kappa shape index (κ2) is 7.33. The quantitative estimate of drug-likeness (QED) is 0.822. The van der Waals surface area contributed by atoms with Gasteiger partial charge in [0, 0.05) is 18.0 Å². The van der Waals surface area contributed by atoms with Gasteiger partial charge in [-0.1, -0.05) is 0 Å². The Morgan fingerprint density at radius 2 is 2.15 bits per heavy atom. The second-order valence-electron chi connectivity index (χ2n) is 4.41. The molecule has 0 amide bonds. The van der Waals surface area contributed by atoms with E-state index in [1.165, 1.54) is 24.3 Å². The molecule has 6 heteroatoms. The number of halogens is 1. The highest BCUT2D eigenvalue weighted by atomic mass is 32.1. The molecular formula is C14H17FN2O2S. The molecule has 1 unspecified atom stereocenters. The summed E-state index contributed by atoms with van der Waals surface area (Å²) in [4.78, 5) is 5.32. The van der Waals surface area contributed by atoms with Gasteiger partial charge in [0.25, 0.3) is 0 Å². The summed E-state index contributed by atoms with van der Waals surface area (Å²) in [6, 6.07) is 5.73. The Morgan fingerprint density at radius 3 is 2.80 bits per heavy atom. The molecular weight excluding hydrogens is 279 g/mol. The average molecular weight is 296 g/mol. The highest BCUT2D eigenvalue weighted by molar-refractivity contribution is 7.09. The van der Waals surface area contributed by atoms with Crippen LogP contribution in [-0.2, 0) is 6.54 Å². The van der Waals surface area contributed by atoms with Crippen molar-refractivity contribution in [2.75, 3.05) is 13.2 Å². The fourth-order valence-corrected chi connectivity index (χ4v) is 2.38. The Bertz CT molecular complexity index is 530. The third-order valence-corrected chi connectivity index (χ3v) is 3.70. The van der Waals surface area contributed by atoms with E-state index in [9.17, 15) is 9.50 Å². The largest absolute Gasteiger partial charge is 0.491 e. The number of aliphatic hydroxyl groups excluding tert-OH is 1. The number of rotatable bonds is 7. The number of nitrogens with one attached hydrogen (secondary N) is 1. The summed E-state index contributed by atoms with van der Waals surface area (Å²) in [5.41, 5.74) is 2.82. The Kier molecular flexibility index (Phi) is 5.46. The van der Waals surface area contributed by atoms with Gasteiger partial charge in [0.05, 0.1) is 11.2 Å². The zero-order valence-corrected chi connectivity index (χ0v) is 12.0. The van der Waals surface area contributed by atoms with E-state index in [0.29, 0.717) is 18.8 Å². The van der Waals surface area contributed by atoms with Gasteiger partial charge in [-0.05, 0) is 31.2 Å². The summed E-state index contributed by atoms with van der Waals surface area (Å²) >= 11 is 1.59. The van der Waals surface area contributed by atoms with Crippen LogP contribution in [-0.4, -0.2) is 29.3 Å². The van der Waals surface area contributed by atoms with Crippen LogP contribution in [0.4, 0.5) is 4.39 Å². The molecule has 1 heterocycles. The van der Waals surface area contributed by atoms with Crippen molar-refractivity contribution in [3.63, 3.8) is 0 Å². The highest BCUT2D eigenvalue weighted by Gasteiger charge is 2.06. The van der Waals surface area contributed by atoms with Crippen molar-refractivity contribution in [1.82, 2.24) is 10.3 Å². The molecule has 0 aliphatic rings. The average Bonchev–Trinajstić information content (AvgIpc) is 2.84. The molecule has 20 heavy (non-hydrogen) atoms. The maximum absolute atomic E-state index is 12.7. The minimum Gasteiger partial charge on any atom is -0.491 e. The summed E-state index contributed by atoms with van der Waals surface area (Å²) in [6.07, 6.45) is -0.617. The van der Waals surface area contributed by atoms with Gasteiger partial charge in [-0.15, -0.1) is 11.3 Å². The molecule has 0 saturated carbocycles. The number of thiazole rings is 1. The second-order valence-corrected chi connectivity index (χ2v) is 5.35. The van der Waals surface area contributed by atoms with Crippen LogP contribution in [0, 0.1) is 12.7 Å². The summed E-state index contributed by atoms with van der Waals surface area (Å²) in [7, 11) is 0. The molecule has 0 aliphatic heterocycles. The minimum atomic E-state index is -0.617. The first-order valence-corrected chi connectivity index (χ1v) is 7.19. The van der Waals surface area contributed by atoms with Gasteiger partial charge in [0.15, 0.2) is 0 Å². The van der Waals surface area contributed by atoms with Crippen LogP contribution in [0.15, 0.2) is 29.8 Å². The van der Waals surface area contributed by atoms with Crippen molar-refractivity contribution < 1.29 is 14.2 Å². The first-order chi connectivity index (χ1) is 9.65. The Balaban J connectivity index is 1.66. The van der Waals surface area contributed by atoms with Crippen molar-refractivity contribution in [3.05, 3.63) is 46.2 Å². The van der Waals surface area contributed by atoms with Crippen LogP contribution in [0.25, 0.3) is 0 Å². The fraction of sp³-hybridized carbons (Fsp3) is 0.357. The zero-order valence-electron chi connectivity index (χ0n) is 11.2. The topological polar surface area (TPSA) is 54.4 Å². The van der Waals surface area contributed by atoms with E-state index >= 15 is 0 Å². The molecule has 0 bridgehead atoms. The molecule has 0 fully saturated rings. The SMILES string of the molecule is Cc1ncsc1CNCC(O)COc1ccc(F)cc1. The molecule has 0 aliphatic carbocycles. The Hall–Kier alpha value is -1.50. The number of aliphatic hydroxyl groups is 1. The predicted molar refractivity (Wildman–Crippen MR) is 76.5 cm³/mol. The van der Waals surface area contributed by atoms with Crippen LogP contribution >= 0.6 is 11.3 Å². The third kappa shape index (κ3) is 4.56. The van der Waals surface area contributed by atoms with Crippen molar-refractivity contribution in [2.24, 2.45) is 0 Å². The lowest BCUT2D eigenvalue weighted by atomic mass is 10.3. The number of benzene rings is 1. The van der Waals surface area contributed by atoms with Gasteiger partial charge < -0.3 is 15.2 Å². The van der Waals surface area contributed by atoms with E-state index in [-0.39, 0.29) is 12.4 Å². The lowest BCUT2D eigenvalue weighted by molar-refractivity contribution is 0.106. The smallest absolute Gasteiger partial charge is 0.123 e. The van der Waals surface area contributed by atoms with E-state index in [4.69, 9.17) is 4.74 Å². The molecule has 0 radical (unpaired) electrons. The normalized spacial score (nSPS) is 12.3.